The summed E-state index contributed by atoms with van der Waals surface area (Å²) in [6, 6.07) is 0. The van der Waals surface area contributed by atoms with E-state index < -0.39 is 11.9 Å². The van der Waals surface area contributed by atoms with Crippen LogP contribution in [0.4, 0.5) is 0 Å². The third-order valence-electron chi connectivity index (χ3n) is 3.61. The Morgan fingerprint density at radius 3 is 2.29 bits per heavy atom. The average molecular weight is 296 g/mol. The van der Waals surface area contributed by atoms with Crippen molar-refractivity contribution in [1.29, 1.82) is 0 Å². The van der Waals surface area contributed by atoms with Gasteiger partial charge in [0.1, 0.15) is 0 Å². The monoisotopic (exact) mass is 296 g/mol. The van der Waals surface area contributed by atoms with Gasteiger partial charge in [-0.05, 0) is 12.3 Å². The lowest BCUT2D eigenvalue weighted by Crippen LogP contribution is -2.28. The average Bonchev–Trinajstić information content (AvgIpc) is 2.92. The number of carbonyl (C=O) groups excluding carboxylic acids is 1. The van der Waals surface area contributed by atoms with Crippen molar-refractivity contribution in [2.24, 2.45) is 11.8 Å². The number of nitrogens with zero attached hydrogens (tertiary/aromatic N) is 2. The molecule has 1 aliphatic rings. The predicted molar refractivity (Wildman–Crippen MR) is 73.6 cm³/mol. The van der Waals surface area contributed by atoms with E-state index in [9.17, 15) is 4.79 Å². The Bertz CT molecular complexity index is 472. The molecule has 2 rings (SSSR count). The van der Waals surface area contributed by atoms with Crippen LogP contribution >= 0.6 is 0 Å². The summed E-state index contributed by atoms with van der Waals surface area (Å²) in [5, 5.41) is 14.8. The molecule has 7 nitrogen and oxygen atoms in total. The first kappa shape index (κ1) is 16.9. The summed E-state index contributed by atoms with van der Waals surface area (Å²) >= 11 is 0. The number of aliphatic carboxylic acids is 2. The SMILES string of the molecule is CC1CCCCC1C(=O)Cn1ccnc1.O=C(O)C(=O)O. The summed E-state index contributed by atoms with van der Waals surface area (Å²) in [4.78, 5) is 34.2. The minimum absolute atomic E-state index is 0.279. The maximum Gasteiger partial charge on any atom is 0.414 e. The number of ketones is 1. The van der Waals surface area contributed by atoms with E-state index >= 15 is 0 Å². The van der Waals surface area contributed by atoms with Gasteiger partial charge in [0.25, 0.3) is 0 Å². The van der Waals surface area contributed by atoms with Gasteiger partial charge in [0, 0.05) is 18.3 Å². The van der Waals surface area contributed by atoms with Crippen LogP contribution in [0.15, 0.2) is 18.7 Å². The zero-order chi connectivity index (χ0) is 15.8. The van der Waals surface area contributed by atoms with Gasteiger partial charge in [0.15, 0.2) is 5.78 Å². The highest BCUT2D eigenvalue weighted by atomic mass is 16.4. The number of rotatable bonds is 3. The molecular formula is C14H20N2O5. The van der Waals surface area contributed by atoms with E-state index in [1.54, 1.807) is 12.5 Å². The quantitative estimate of drug-likeness (QED) is 0.817. The molecule has 1 aromatic heterocycles. The number of carbonyl (C=O) groups is 3. The largest absolute Gasteiger partial charge is 0.473 e. The van der Waals surface area contributed by atoms with Gasteiger partial charge >= 0.3 is 11.9 Å². The van der Waals surface area contributed by atoms with Crippen LogP contribution < -0.4 is 0 Å². The molecule has 116 valence electrons. The van der Waals surface area contributed by atoms with Crippen LogP contribution in [0.2, 0.25) is 0 Å². The molecule has 0 saturated heterocycles. The standard InChI is InChI=1S/C12H18N2O.C2H2O4/c1-10-4-2-3-5-11(10)12(15)8-14-7-6-13-9-14;3-1(4)2(5)6/h6-7,9-11H,2-5,8H2,1H3;(H,3,4)(H,5,6). The smallest absolute Gasteiger partial charge is 0.414 e. The van der Waals surface area contributed by atoms with Gasteiger partial charge in [-0.15, -0.1) is 0 Å². The van der Waals surface area contributed by atoms with E-state index in [2.05, 4.69) is 11.9 Å². The molecule has 0 bridgehead atoms. The Hall–Kier alpha value is -2.18. The summed E-state index contributed by atoms with van der Waals surface area (Å²) in [7, 11) is 0. The lowest BCUT2D eigenvalue weighted by molar-refractivity contribution is -0.159. The third-order valence-corrected chi connectivity index (χ3v) is 3.61. The highest BCUT2D eigenvalue weighted by Gasteiger charge is 2.27. The molecule has 0 radical (unpaired) electrons. The molecular weight excluding hydrogens is 276 g/mol. The van der Waals surface area contributed by atoms with Gasteiger partial charge in [-0.3, -0.25) is 4.79 Å². The lowest BCUT2D eigenvalue weighted by Gasteiger charge is -2.27. The van der Waals surface area contributed by atoms with Gasteiger partial charge in [0.05, 0.1) is 12.9 Å². The molecule has 2 unspecified atom stereocenters. The second kappa shape index (κ2) is 8.18. The summed E-state index contributed by atoms with van der Waals surface area (Å²) in [6.45, 7) is 2.70. The van der Waals surface area contributed by atoms with Gasteiger partial charge in [0.2, 0.25) is 0 Å². The summed E-state index contributed by atoms with van der Waals surface area (Å²) in [5.41, 5.74) is 0. The van der Waals surface area contributed by atoms with Crippen LogP contribution in [0.3, 0.4) is 0 Å². The fraction of sp³-hybridized carbons (Fsp3) is 0.571. The molecule has 7 heteroatoms. The van der Waals surface area contributed by atoms with E-state index in [1.807, 2.05) is 10.8 Å². The van der Waals surface area contributed by atoms with Crippen molar-refractivity contribution in [3.63, 3.8) is 0 Å². The van der Waals surface area contributed by atoms with Crippen LogP contribution in [0, 0.1) is 11.8 Å². The number of carboxylic acid groups (broad SMARTS) is 2. The highest BCUT2D eigenvalue weighted by molar-refractivity contribution is 6.27. The first-order valence-electron chi connectivity index (χ1n) is 6.86. The molecule has 1 aliphatic carbocycles. The zero-order valence-electron chi connectivity index (χ0n) is 11.9. The van der Waals surface area contributed by atoms with Crippen LogP contribution in [0.5, 0.6) is 0 Å². The second-order valence-corrected chi connectivity index (χ2v) is 5.18. The van der Waals surface area contributed by atoms with E-state index in [0.717, 1.165) is 6.42 Å². The van der Waals surface area contributed by atoms with Crippen LogP contribution in [0.1, 0.15) is 32.6 Å². The maximum atomic E-state index is 12.0. The molecule has 1 aromatic rings. The summed E-state index contributed by atoms with van der Waals surface area (Å²) < 4.78 is 1.86. The molecule has 1 heterocycles. The predicted octanol–water partition coefficient (Wildman–Crippen LogP) is 1.43. The van der Waals surface area contributed by atoms with Gasteiger partial charge in [-0.2, -0.15) is 0 Å². The van der Waals surface area contributed by atoms with Crippen LogP contribution in [-0.2, 0) is 20.9 Å². The first-order valence-corrected chi connectivity index (χ1v) is 6.86. The Labute approximate surface area is 122 Å². The van der Waals surface area contributed by atoms with E-state index in [0.29, 0.717) is 18.2 Å². The maximum absolute atomic E-state index is 12.0. The van der Waals surface area contributed by atoms with E-state index in [-0.39, 0.29) is 5.92 Å². The van der Waals surface area contributed by atoms with Crippen molar-refractivity contribution < 1.29 is 24.6 Å². The number of hydrogen-bond acceptors (Lipinski definition) is 4. The van der Waals surface area contributed by atoms with Gasteiger partial charge in [-0.1, -0.05) is 26.2 Å². The molecule has 0 spiro atoms. The van der Waals surface area contributed by atoms with Crippen molar-refractivity contribution in [2.75, 3.05) is 0 Å². The van der Waals surface area contributed by atoms with Crippen molar-refractivity contribution >= 4 is 17.7 Å². The fourth-order valence-corrected chi connectivity index (χ4v) is 2.47. The Kier molecular flexibility index (Phi) is 6.58. The lowest BCUT2D eigenvalue weighted by atomic mass is 9.78. The third kappa shape index (κ3) is 5.76. The molecule has 2 N–H and O–H groups in total. The molecule has 1 saturated carbocycles. The van der Waals surface area contributed by atoms with Crippen molar-refractivity contribution in [3.8, 4) is 0 Å². The molecule has 0 aliphatic heterocycles. The molecule has 1 fully saturated rings. The van der Waals surface area contributed by atoms with E-state index in [1.165, 1.54) is 19.3 Å². The van der Waals surface area contributed by atoms with Gasteiger partial charge in [-0.25, -0.2) is 14.6 Å². The fourth-order valence-electron chi connectivity index (χ4n) is 2.47. The molecule has 0 amide bonds. The molecule has 0 aromatic carbocycles. The summed E-state index contributed by atoms with van der Waals surface area (Å²) in [6.07, 6.45) is 10.1. The first-order chi connectivity index (χ1) is 9.91. The Morgan fingerprint density at radius 2 is 1.81 bits per heavy atom. The topological polar surface area (TPSA) is 109 Å². The normalized spacial score (nSPS) is 21.0. The highest BCUT2D eigenvalue weighted by Crippen LogP contribution is 2.30. The second-order valence-electron chi connectivity index (χ2n) is 5.18. The van der Waals surface area contributed by atoms with Crippen molar-refractivity contribution in [1.82, 2.24) is 9.55 Å². The van der Waals surface area contributed by atoms with E-state index in [4.69, 9.17) is 19.8 Å². The van der Waals surface area contributed by atoms with Crippen molar-refractivity contribution in [2.45, 2.75) is 39.2 Å². The van der Waals surface area contributed by atoms with Crippen LogP contribution in [-0.4, -0.2) is 37.5 Å². The summed E-state index contributed by atoms with van der Waals surface area (Å²) in [5.74, 6) is -2.43. The number of imidazole rings is 1. The Balaban J connectivity index is 0.000000315. The number of hydrogen-bond donors (Lipinski definition) is 2. The minimum Gasteiger partial charge on any atom is -0.473 e. The number of aromatic nitrogens is 2. The van der Waals surface area contributed by atoms with Crippen LogP contribution in [0.25, 0.3) is 0 Å². The van der Waals surface area contributed by atoms with Crippen molar-refractivity contribution in [3.05, 3.63) is 18.7 Å². The number of carboxylic acids is 2. The molecule has 21 heavy (non-hydrogen) atoms. The minimum atomic E-state index is -1.82. The number of Topliss-reactive ketones (excluding diaryl/α,β-unsaturated/α-hetero) is 1. The zero-order valence-corrected chi connectivity index (χ0v) is 11.9. The molecule has 2 atom stereocenters. The Morgan fingerprint density at radius 1 is 1.19 bits per heavy atom. The van der Waals surface area contributed by atoms with Gasteiger partial charge < -0.3 is 14.8 Å².